The summed E-state index contributed by atoms with van der Waals surface area (Å²) in [7, 11) is 0. The third-order valence-corrected chi connectivity index (χ3v) is 3.57. The van der Waals surface area contributed by atoms with E-state index in [-0.39, 0.29) is 5.02 Å². The fourth-order valence-corrected chi connectivity index (χ4v) is 2.36. The maximum absolute atomic E-state index is 13.2. The van der Waals surface area contributed by atoms with Gasteiger partial charge in [-0.1, -0.05) is 23.7 Å². The maximum atomic E-state index is 13.2. The zero-order valence-electron chi connectivity index (χ0n) is 13.5. The van der Waals surface area contributed by atoms with Gasteiger partial charge in [0.1, 0.15) is 17.4 Å². The predicted octanol–water partition coefficient (Wildman–Crippen LogP) is 5.16. The summed E-state index contributed by atoms with van der Waals surface area (Å²) in [4.78, 5) is 8.55. The van der Waals surface area contributed by atoms with E-state index < -0.39 is 5.82 Å². The molecule has 0 saturated heterocycles. The molecule has 2 N–H and O–H groups in total. The van der Waals surface area contributed by atoms with Crippen molar-refractivity contribution in [2.45, 2.75) is 6.92 Å². The zero-order valence-corrected chi connectivity index (χ0v) is 14.2. The number of anilines is 4. The van der Waals surface area contributed by atoms with Gasteiger partial charge in [0.25, 0.3) is 0 Å². The molecule has 0 spiro atoms. The molecule has 0 aliphatic rings. The standard InChI is InChI=1S/C18H16ClFN4O/c1-2-25-16-6-4-3-5-15(16)23-17-9-10-21-18(24-17)22-12-7-8-14(20)13(19)11-12/h3-11H,2H2,1H3,(H2,21,22,23,24). The van der Waals surface area contributed by atoms with Crippen LogP contribution in [0.3, 0.4) is 0 Å². The van der Waals surface area contributed by atoms with Crippen LogP contribution in [0.15, 0.2) is 54.7 Å². The first-order valence-corrected chi connectivity index (χ1v) is 8.07. The molecule has 7 heteroatoms. The molecule has 0 aliphatic carbocycles. The van der Waals surface area contributed by atoms with Crippen LogP contribution in [-0.2, 0) is 0 Å². The molecule has 0 bridgehead atoms. The van der Waals surface area contributed by atoms with Crippen LogP contribution >= 0.6 is 11.6 Å². The molecule has 5 nitrogen and oxygen atoms in total. The lowest BCUT2D eigenvalue weighted by atomic mass is 10.3. The zero-order chi connectivity index (χ0) is 17.6. The largest absolute Gasteiger partial charge is 0.492 e. The first-order chi connectivity index (χ1) is 12.2. The van der Waals surface area contributed by atoms with Crippen molar-refractivity contribution in [1.29, 1.82) is 0 Å². The number of aromatic nitrogens is 2. The van der Waals surface area contributed by atoms with Crippen LogP contribution in [0.5, 0.6) is 5.75 Å². The number of nitrogens with one attached hydrogen (secondary N) is 2. The van der Waals surface area contributed by atoms with Gasteiger partial charge in [0.2, 0.25) is 5.95 Å². The lowest BCUT2D eigenvalue weighted by molar-refractivity contribution is 0.342. The Balaban J connectivity index is 1.78. The van der Waals surface area contributed by atoms with E-state index in [0.717, 1.165) is 11.4 Å². The number of ether oxygens (including phenoxy) is 1. The summed E-state index contributed by atoms with van der Waals surface area (Å²) < 4.78 is 18.8. The minimum atomic E-state index is -0.476. The van der Waals surface area contributed by atoms with Crippen molar-refractivity contribution in [2.24, 2.45) is 0 Å². The van der Waals surface area contributed by atoms with Crippen molar-refractivity contribution in [3.05, 3.63) is 65.6 Å². The highest BCUT2D eigenvalue weighted by Crippen LogP contribution is 2.27. The van der Waals surface area contributed by atoms with E-state index in [1.807, 2.05) is 31.2 Å². The molecule has 25 heavy (non-hydrogen) atoms. The first kappa shape index (κ1) is 17.0. The Morgan fingerprint density at radius 1 is 1.12 bits per heavy atom. The minimum Gasteiger partial charge on any atom is -0.492 e. The first-order valence-electron chi connectivity index (χ1n) is 7.69. The molecular formula is C18H16ClFN4O. The monoisotopic (exact) mass is 358 g/mol. The van der Waals surface area contributed by atoms with Gasteiger partial charge in [-0.3, -0.25) is 0 Å². The molecule has 0 unspecified atom stereocenters. The Hall–Kier alpha value is -2.86. The molecular weight excluding hydrogens is 343 g/mol. The van der Waals surface area contributed by atoms with Gasteiger partial charge in [0.05, 0.1) is 17.3 Å². The van der Waals surface area contributed by atoms with E-state index in [4.69, 9.17) is 16.3 Å². The van der Waals surface area contributed by atoms with Gasteiger partial charge in [0, 0.05) is 11.9 Å². The predicted molar refractivity (Wildman–Crippen MR) is 97.6 cm³/mol. The summed E-state index contributed by atoms with van der Waals surface area (Å²) in [5, 5.41) is 6.23. The molecule has 128 valence electrons. The summed E-state index contributed by atoms with van der Waals surface area (Å²) in [6.45, 7) is 2.50. The summed E-state index contributed by atoms with van der Waals surface area (Å²) in [5.74, 6) is 1.22. The van der Waals surface area contributed by atoms with Crippen LogP contribution in [0.2, 0.25) is 5.02 Å². The molecule has 0 atom stereocenters. The van der Waals surface area contributed by atoms with Gasteiger partial charge in [-0.15, -0.1) is 0 Å². The number of hydrogen-bond donors (Lipinski definition) is 2. The number of rotatable bonds is 6. The summed E-state index contributed by atoms with van der Waals surface area (Å²) in [6.07, 6.45) is 1.62. The average molecular weight is 359 g/mol. The molecule has 0 fully saturated rings. The van der Waals surface area contributed by atoms with Gasteiger partial charge in [-0.2, -0.15) is 4.98 Å². The Kier molecular flexibility index (Phi) is 5.30. The third-order valence-electron chi connectivity index (χ3n) is 3.28. The average Bonchev–Trinajstić information content (AvgIpc) is 2.61. The van der Waals surface area contributed by atoms with Crippen molar-refractivity contribution in [1.82, 2.24) is 9.97 Å². The topological polar surface area (TPSA) is 59.1 Å². The highest BCUT2D eigenvalue weighted by Gasteiger charge is 2.06. The van der Waals surface area contributed by atoms with E-state index in [1.54, 1.807) is 18.3 Å². The van der Waals surface area contributed by atoms with E-state index in [9.17, 15) is 4.39 Å². The molecule has 3 rings (SSSR count). The highest BCUT2D eigenvalue weighted by atomic mass is 35.5. The maximum Gasteiger partial charge on any atom is 0.229 e. The highest BCUT2D eigenvalue weighted by molar-refractivity contribution is 6.31. The number of benzene rings is 2. The van der Waals surface area contributed by atoms with Gasteiger partial charge in [-0.25, -0.2) is 9.37 Å². The second-order valence-corrected chi connectivity index (χ2v) is 5.48. The third kappa shape index (κ3) is 4.36. The molecule has 0 amide bonds. The van der Waals surface area contributed by atoms with Crippen LogP contribution in [0.25, 0.3) is 0 Å². The fourth-order valence-electron chi connectivity index (χ4n) is 2.18. The molecule has 3 aromatic rings. The van der Waals surface area contributed by atoms with Gasteiger partial charge in [-0.05, 0) is 43.3 Å². The quantitative estimate of drug-likeness (QED) is 0.637. The van der Waals surface area contributed by atoms with Crippen LogP contribution in [0.4, 0.5) is 27.5 Å². The summed E-state index contributed by atoms with van der Waals surface area (Å²) >= 11 is 5.78. The second-order valence-electron chi connectivity index (χ2n) is 5.07. The SMILES string of the molecule is CCOc1ccccc1Nc1ccnc(Nc2ccc(F)c(Cl)c2)n1. The Labute approximate surface area is 149 Å². The molecule has 0 radical (unpaired) electrons. The van der Waals surface area contributed by atoms with Gasteiger partial charge >= 0.3 is 0 Å². The van der Waals surface area contributed by atoms with E-state index >= 15 is 0 Å². The van der Waals surface area contributed by atoms with Crippen molar-refractivity contribution >= 4 is 34.7 Å². The van der Waals surface area contributed by atoms with E-state index in [2.05, 4.69) is 20.6 Å². The fraction of sp³-hybridized carbons (Fsp3) is 0.111. The van der Waals surface area contributed by atoms with Crippen molar-refractivity contribution in [3.63, 3.8) is 0 Å². The number of para-hydroxylation sites is 2. The van der Waals surface area contributed by atoms with Crippen LogP contribution in [0.1, 0.15) is 6.92 Å². The van der Waals surface area contributed by atoms with Crippen molar-refractivity contribution < 1.29 is 9.13 Å². The molecule has 0 saturated carbocycles. The van der Waals surface area contributed by atoms with Gasteiger partial charge in [0.15, 0.2) is 0 Å². The van der Waals surface area contributed by atoms with Gasteiger partial charge < -0.3 is 15.4 Å². The smallest absolute Gasteiger partial charge is 0.229 e. The van der Waals surface area contributed by atoms with Crippen LogP contribution in [0, 0.1) is 5.82 Å². The molecule has 1 aromatic heterocycles. The summed E-state index contributed by atoms with van der Waals surface area (Å²) in [5.41, 5.74) is 1.40. The lowest BCUT2D eigenvalue weighted by Crippen LogP contribution is -2.02. The summed E-state index contributed by atoms with van der Waals surface area (Å²) in [6, 6.07) is 13.7. The molecule has 0 aliphatic heterocycles. The van der Waals surface area contributed by atoms with Crippen LogP contribution in [-0.4, -0.2) is 16.6 Å². The minimum absolute atomic E-state index is 0.0323. The second kappa shape index (κ2) is 7.81. The molecule has 2 aromatic carbocycles. The number of hydrogen-bond acceptors (Lipinski definition) is 5. The normalized spacial score (nSPS) is 10.4. The van der Waals surface area contributed by atoms with Crippen molar-refractivity contribution in [3.8, 4) is 5.75 Å². The number of halogens is 2. The Morgan fingerprint density at radius 2 is 1.96 bits per heavy atom. The Bertz CT molecular complexity index is 875. The molecule has 1 heterocycles. The number of nitrogens with zero attached hydrogens (tertiary/aromatic N) is 2. The van der Waals surface area contributed by atoms with Crippen molar-refractivity contribution in [2.75, 3.05) is 17.2 Å². The van der Waals surface area contributed by atoms with Crippen LogP contribution < -0.4 is 15.4 Å². The lowest BCUT2D eigenvalue weighted by Gasteiger charge is -2.12. The van der Waals surface area contributed by atoms with E-state index in [0.29, 0.717) is 24.1 Å². The Morgan fingerprint density at radius 3 is 2.76 bits per heavy atom. The van der Waals surface area contributed by atoms with E-state index in [1.165, 1.54) is 12.1 Å².